The van der Waals surface area contributed by atoms with Crippen LogP contribution in [0.3, 0.4) is 0 Å². The molecule has 200 valence electrons. The third-order valence-electron chi connectivity index (χ3n) is 6.08. The van der Waals surface area contributed by atoms with Crippen molar-refractivity contribution in [1.29, 1.82) is 0 Å². The topological polar surface area (TPSA) is 154 Å². The molecule has 2 aromatic rings. The fraction of sp³-hybridized carbons (Fsp3) is 0.407. The summed E-state index contributed by atoms with van der Waals surface area (Å²) in [5.74, 6) is -1.87. The van der Waals surface area contributed by atoms with Crippen LogP contribution in [-0.4, -0.2) is 71.9 Å². The Morgan fingerprint density at radius 3 is 2.24 bits per heavy atom. The van der Waals surface area contributed by atoms with E-state index in [1.807, 2.05) is 31.2 Å². The van der Waals surface area contributed by atoms with Gasteiger partial charge >= 0.3 is 0 Å². The van der Waals surface area contributed by atoms with Crippen molar-refractivity contribution in [3.63, 3.8) is 0 Å². The van der Waals surface area contributed by atoms with E-state index in [0.717, 1.165) is 16.7 Å². The van der Waals surface area contributed by atoms with Gasteiger partial charge in [-0.3, -0.25) is 19.2 Å². The lowest BCUT2D eigenvalue weighted by molar-refractivity contribution is -0.139. The molecule has 3 atom stereocenters. The first-order valence-electron chi connectivity index (χ1n) is 12.2. The van der Waals surface area contributed by atoms with Gasteiger partial charge in [0.1, 0.15) is 17.8 Å². The molecular formula is C27H37N5O5. The molecule has 37 heavy (non-hydrogen) atoms. The van der Waals surface area contributed by atoms with Gasteiger partial charge in [0.05, 0.1) is 12.6 Å². The zero-order valence-electron chi connectivity index (χ0n) is 21.8. The van der Waals surface area contributed by atoms with Gasteiger partial charge in [0.15, 0.2) is 0 Å². The molecule has 6 N–H and O–H groups in total. The molecule has 0 unspecified atom stereocenters. The van der Waals surface area contributed by atoms with Crippen molar-refractivity contribution in [3.05, 3.63) is 65.2 Å². The number of benzene rings is 2. The van der Waals surface area contributed by atoms with Crippen LogP contribution in [-0.2, 0) is 32.0 Å². The molecule has 4 amide bonds. The number of carbonyl (C=O) groups is 4. The molecule has 2 rings (SSSR count). The van der Waals surface area contributed by atoms with E-state index in [9.17, 15) is 24.3 Å². The highest BCUT2D eigenvalue weighted by Crippen LogP contribution is 2.13. The number of nitrogens with two attached hydrogens (primary N) is 1. The van der Waals surface area contributed by atoms with Gasteiger partial charge in [0.25, 0.3) is 0 Å². The van der Waals surface area contributed by atoms with E-state index in [1.165, 1.54) is 24.0 Å². The van der Waals surface area contributed by atoms with Crippen LogP contribution in [0, 0.1) is 6.92 Å². The summed E-state index contributed by atoms with van der Waals surface area (Å²) in [5, 5.41) is 17.5. The molecule has 0 radical (unpaired) electrons. The van der Waals surface area contributed by atoms with E-state index in [-0.39, 0.29) is 31.2 Å². The number of aromatic hydroxyl groups is 1. The second kappa shape index (κ2) is 14.0. The van der Waals surface area contributed by atoms with E-state index in [1.54, 1.807) is 26.1 Å². The first kappa shape index (κ1) is 29.3. The van der Waals surface area contributed by atoms with Crippen LogP contribution in [0.15, 0.2) is 48.5 Å². The maximum Gasteiger partial charge on any atom is 0.242 e. The highest BCUT2D eigenvalue weighted by molar-refractivity contribution is 5.93. The van der Waals surface area contributed by atoms with E-state index < -0.39 is 35.8 Å². The number of hydrogen-bond donors (Lipinski definition) is 5. The summed E-state index contributed by atoms with van der Waals surface area (Å²) in [6.07, 6.45) is 0.625. The van der Waals surface area contributed by atoms with Gasteiger partial charge in [0.2, 0.25) is 23.6 Å². The van der Waals surface area contributed by atoms with Crippen molar-refractivity contribution >= 4 is 23.6 Å². The molecular weight excluding hydrogens is 474 g/mol. The van der Waals surface area contributed by atoms with Crippen LogP contribution in [0.25, 0.3) is 0 Å². The number of aryl methyl sites for hydroxylation is 1. The minimum absolute atomic E-state index is 0.132. The smallest absolute Gasteiger partial charge is 0.242 e. The van der Waals surface area contributed by atoms with Gasteiger partial charge in [-0.25, -0.2) is 0 Å². The number of hydrogen-bond acceptors (Lipinski definition) is 6. The lowest BCUT2D eigenvalue weighted by Crippen LogP contribution is -2.54. The molecule has 0 saturated heterocycles. The van der Waals surface area contributed by atoms with Crippen LogP contribution in [0.1, 0.15) is 30.5 Å². The van der Waals surface area contributed by atoms with Crippen LogP contribution in [0.2, 0.25) is 0 Å². The maximum atomic E-state index is 12.9. The number of nitrogens with zero attached hydrogens (tertiary/aromatic N) is 1. The molecule has 0 bridgehead atoms. The molecule has 0 saturated carbocycles. The Labute approximate surface area is 217 Å². The largest absolute Gasteiger partial charge is 0.508 e. The SMILES string of the molecule is CCN(C(=O)CNC(=O)[C@@H](C)NC(=O)[C@H](Cc1ccc(O)cc1)NC)[C@@H](Cc1cccc(C)c1)C(N)=O. The maximum absolute atomic E-state index is 12.9. The number of carbonyl (C=O) groups excluding carboxylic acids is 4. The molecule has 0 aliphatic rings. The quantitative estimate of drug-likeness (QED) is 0.262. The van der Waals surface area contributed by atoms with E-state index in [4.69, 9.17) is 5.73 Å². The highest BCUT2D eigenvalue weighted by atomic mass is 16.3. The summed E-state index contributed by atoms with van der Waals surface area (Å²) in [6.45, 7) is 5.09. The summed E-state index contributed by atoms with van der Waals surface area (Å²) >= 11 is 0. The fourth-order valence-corrected chi connectivity index (χ4v) is 3.99. The normalized spacial score (nSPS) is 13.2. The Balaban J connectivity index is 1.94. The molecule has 2 aromatic carbocycles. The number of rotatable bonds is 13. The third-order valence-corrected chi connectivity index (χ3v) is 6.08. The van der Waals surface area contributed by atoms with Gasteiger partial charge in [-0.15, -0.1) is 0 Å². The zero-order valence-corrected chi connectivity index (χ0v) is 21.8. The molecule has 0 aliphatic carbocycles. The molecule has 0 aliphatic heterocycles. The highest BCUT2D eigenvalue weighted by Gasteiger charge is 2.28. The number of phenols is 1. The van der Waals surface area contributed by atoms with Gasteiger partial charge in [-0.2, -0.15) is 0 Å². The molecule has 0 aromatic heterocycles. The second-order valence-corrected chi connectivity index (χ2v) is 8.95. The van der Waals surface area contributed by atoms with Crippen LogP contribution >= 0.6 is 0 Å². The summed E-state index contributed by atoms with van der Waals surface area (Å²) < 4.78 is 0. The number of nitrogens with one attached hydrogen (secondary N) is 3. The molecule has 10 nitrogen and oxygen atoms in total. The van der Waals surface area contributed by atoms with Crippen molar-refractivity contribution in [2.45, 2.75) is 51.7 Å². The third kappa shape index (κ3) is 8.91. The molecule has 10 heteroatoms. The standard InChI is InChI=1S/C27H37N5O5/c1-5-32(23(25(28)35)15-20-8-6-7-17(2)13-20)24(34)16-30-26(36)18(3)31-27(37)22(29-4)14-19-9-11-21(33)12-10-19/h6-13,18,22-23,29,33H,5,14-16H2,1-4H3,(H2,28,35)(H,30,36)(H,31,37)/t18-,22+,23+/m1/s1. The summed E-state index contributed by atoms with van der Waals surface area (Å²) in [4.78, 5) is 51.7. The summed E-state index contributed by atoms with van der Waals surface area (Å²) in [6, 6.07) is 11.8. The average molecular weight is 512 g/mol. The zero-order chi connectivity index (χ0) is 27.5. The first-order chi connectivity index (χ1) is 17.5. The second-order valence-electron chi connectivity index (χ2n) is 8.95. The van der Waals surface area contributed by atoms with E-state index in [2.05, 4.69) is 16.0 Å². The van der Waals surface area contributed by atoms with Crippen molar-refractivity contribution in [3.8, 4) is 5.75 Å². The van der Waals surface area contributed by atoms with E-state index >= 15 is 0 Å². The Morgan fingerprint density at radius 2 is 1.68 bits per heavy atom. The molecule has 0 spiro atoms. The Bertz CT molecular complexity index is 1090. The average Bonchev–Trinajstić information content (AvgIpc) is 2.86. The monoisotopic (exact) mass is 511 g/mol. The number of primary amides is 1. The minimum atomic E-state index is -0.898. The first-order valence-corrected chi connectivity index (χ1v) is 12.2. The predicted molar refractivity (Wildman–Crippen MR) is 141 cm³/mol. The summed E-state index contributed by atoms with van der Waals surface area (Å²) in [5.41, 5.74) is 8.36. The Hall–Kier alpha value is -3.92. The van der Waals surface area contributed by atoms with Crippen molar-refractivity contribution in [1.82, 2.24) is 20.9 Å². The van der Waals surface area contributed by atoms with Gasteiger partial charge in [-0.05, 0) is 57.5 Å². The Kier molecular flexibility index (Phi) is 11.1. The van der Waals surface area contributed by atoms with Crippen molar-refractivity contribution < 1.29 is 24.3 Å². The molecule has 0 fully saturated rings. The molecule has 0 heterocycles. The van der Waals surface area contributed by atoms with Gasteiger partial charge < -0.3 is 31.7 Å². The van der Waals surface area contributed by atoms with Gasteiger partial charge in [-0.1, -0.05) is 42.0 Å². The minimum Gasteiger partial charge on any atom is -0.508 e. The summed E-state index contributed by atoms with van der Waals surface area (Å²) in [7, 11) is 1.64. The number of amides is 4. The lowest BCUT2D eigenvalue weighted by atomic mass is 10.0. The van der Waals surface area contributed by atoms with Crippen molar-refractivity contribution in [2.75, 3.05) is 20.1 Å². The number of phenolic OH excluding ortho intramolecular Hbond substituents is 1. The van der Waals surface area contributed by atoms with Crippen LogP contribution < -0.4 is 21.7 Å². The van der Waals surface area contributed by atoms with Gasteiger partial charge in [0, 0.05) is 13.0 Å². The fourth-order valence-electron chi connectivity index (χ4n) is 3.99. The van der Waals surface area contributed by atoms with Crippen LogP contribution in [0.5, 0.6) is 5.75 Å². The van der Waals surface area contributed by atoms with Crippen molar-refractivity contribution in [2.24, 2.45) is 5.73 Å². The predicted octanol–water partition coefficient (Wildman–Crippen LogP) is 0.397. The Morgan fingerprint density at radius 1 is 1.00 bits per heavy atom. The van der Waals surface area contributed by atoms with E-state index in [0.29, 0.717) is 6.42 Å². The van der Waals surface area contributed by atoms with Crippen LogP contribution in [0.4, 0.5) is 0 Å². The number of likely N-dealkylation sites (N-methyl/N-ethyl adjacent to an activating group) is 2. The lowest BCUT2D eigenvalue weighted by Gasteiger charge is -2.29.